The first-order chi connectivity index (χ1) is 7.68. The summed E-state index contributed by atoms with van der Waals surface area (Å²) < 4.78 is 0. The lowest BCUT2D eigenvalue weighted by Gasteiger charge is -2.11. The maximum absolute atomic E-state index is 11.5. The third-order valence-corrected chi connectivity index (χ3v) is 3.73. The van der Waals surface area contributed by atoms with Crippen LogP contribution in [0.4, 0.5) is 0 Å². The number of aromatic nitrogens is 2. The van der Waals surface area contributed by atoms with Crippen LogP contribution in [0.15, 0.2) is 4.79 Å². The minimum Gasteiger partial charge on any atom is -0.356 e. The third-order valence-electron chi connectivity index (χ3n) is 2.90. The van der Waals surface area contributed by atoms with Crippen LogP contribution in [-0.4, -0.2) is 16.5 Å². The third kappa shape index (κ3) is 1.30. The Hall–Kier alpha value is -0.970. The van der Waals surface area contributed by atoms with E-state index in [1.54, 1.807) is 0 Å². The Morgan fingerprint density at radius 2 is 1.88 bits per heavy atom. The van der Waals surface area contributed by atoms with Crippen molar-refractivity contribution in [2.24, 2.45) is 0 Å². The van der Waals surface area contributed by atoms with Gasteiger partial charge in [-0.3, -0.25) is 4.79 Å². The highest BCUT2D eigenvalue weighted by Crippen LogP contribution is 2.30. The summed E-state index contributed by atoms with van der Waals surface area (Å²) in [6.45, 7) is 1.67. The predicted octanol–water partition coefficient (Wildman–Crippen LogP) is 1.81. The zero-order valence-electron chi connectivity index (χ0n) is 8.29. The Balaban J connectivity index is 2.44. The average molecular weight is 258 g/mol. The fraction of sp³-hybridized carbons (Fsp3) is 0.300. The zero-order valence-corrected chi connectivity index (χ0v) is 9.80. The Kier molecular flexibility index (Phi) is 2.24. The lowest BCUT2D eigenvalue weighted by molar-refractivity contribution is 0.640. The molecule has 1 aliphatic heterocycles. The van der Waals surface area contributed by atoms with Crippen molar-refractivity contribution in [1.29, 1.82) is 0 Å². The molecular weight excluding hydrogens is 249 g/mol. The first-order valence-corrected chi connectivity index (χ1v) is 5.75. The maximum atomic E-state index is 11.5. The quantitative estimate of drug-likeness (QED) is 0.674. The summed E-state index contributed by atoms with van der Waals surface area (Å²) in [7, 11) is 0. The first kappa shape index (κ1) is 10.2. The smallest absolute Gasteiger partial charge is 0.268 e. The molecule has 0 aliphatic carbocycles. The first-order valence-electron chi connectivity index (χ1n) is 5.00. The van der Waals surface area contributed by atoms with E-state index < -0.39 is 0 Å². The van der Waals surface area contributed by atoms with Gasteiger partial charge in [-0.25, -0.2) is 0 Å². The van der Waals surface area contributed by atoms with E-state index in [1.165, 1.54) is 0 Å². The maximum Gasteiger partial charge on any atom is 0.268 e. The van der Waals surface area contributed by atoms with Gasteiger partial charge in [-0.1, -0.05) is 23.2 Å². The van der Waals surface area contributed by atoms with E-state index in [0.29, 0.717) is 5.02 Å². The van der Waals surface area contributed by atoms with Gasteiger partial charge in [-0.15, -0.1) is 0 Å². The summed E-state index contributed by atoms with van der Waals surface area (Å²) in [6.07, 6.45) is 0.903. The molecule has 1 aliphatic rings. The minimum atomic E-state index is -0.341. The number of nitrogens with one attached hydrogen (secondary N) is 3. The van der Waals surface area contributed by atoms with Crippen LogP contribution in [0.1, 0.15) is 11.3 Å². The van der Waals surface area contributed by atoms with Crippen LogP contribution in [-0.2, 0) is 13.0 Å². The average Bonchev–Trinajstić information content (AvgIpc) is 2.65. The van der Waals surface area contributed by atoms with Crippen molar-refractivity contribution in [2.45, 2.75) is 13.0 Å². The van der Waals surface area contributed by atoms with Crippen molar-refractivity contribution < 1.29 is 0 Å². The summed E-state index contributed by atoms with van der Waals surface area (Å²) in [6, 6.07) is 0. The van der Waals surface area contributed by atoms with Crippen molar-refractivity contribution >= 4 is 34.2 Å². The van der Waals surface area contributed by atoms with Gasteiger partial charge in [0.25, 0.3) is 5.56 Å². The fourth-order valence-electron chi connectivity index (χ4n) is 2.11. The molecule has 84 valence electrons. The van der Waals surface area contributed by atoms with Crippen LogP contribution >= 0.6 is 23.2 Å². The Morgan fingerprint density at radius 1 is 1.06 bits per heavy atom. The van der Waals surface area contributed by atoms with Crippen LogP contribution in [0.5, 0.6) is 0 Å². The molecule has 0 amide bonds. The molecule has 0 radical (unpaired) electrons. The van der Waals surface area contributed by atoms with E-state index in [9.17, 15) is 4.79 Å². The van der Waals surface area contributed by atoms with Crippen LogP contribution in [0, 0.1) is 0 Å². The minimum absolute atomic E-state index is 0.0423. The fourth-order valence-corrected chi connectivity index (χ4v) is 2.48. The van der Waals surface area contributed by atoms with Crippen molar-refractivity contribution in [1.82, 2.24) is 15.3 Å². The molecule has 0 saturated carbocycles. The molecule has 2 aromatic heterocycles. The summed E-state index contributed by atoms with van der Waals surface area (Å²) in [4.78, 5) is 17.5. The van der Waals surface area contributed by atoms with Crippen molar-refractivity contribution in [3.63, 3.8) is 0 Å². The monoisotopic (exact) mass is 257 g/mol. The normalized spacial score (nSPS) is 15.4. The molecule has 0 fully saturated rings. The van der Waals surface area contributed by atoms with Gasteiger partial charge in [0.2, 0.25) is 0 Å². The van der Waals surface area contributed by atoms with E-state index in [2.05, 4.69) is 15.3 Å². The summed E-state index contributed by atoms with van der Waals surface area (Å²) in [5.74, 6) is 0. The summed E-state index contributed by atoms with van der Waals surface area (Å²) in [5.41, 5.74) is 3.35. The molecule has 0 saturated heterocycles. The van der Waals surface area contributed by atoms with Crippen molar-refractivity contribution in [3.05, 3.63) is 31.7 Å². The van der Waals surface area contributed by atoms with Gasteiger partial charge in [-0.05, 0) is 0 Å². The Labute approximate surface area is 101 Å². The molecule has 6 heteroatoms. The number of H-pyrrole nitrogens is 2. The number of hydrogen-bond donors (Lipinski definition) is 3. The highest BCUT2D eigenvalue weighted by molar-refractivity contribution is 6.44. The van der Waals surface area contributed by atoms with Gasteiger partial charge in [0.05, 0.1) is 16.1 Å². The SMILES string of the molecule is O=c1[nH]c2c3c([nH]c2c(Cl)c1Cl)CCNC3. The molecule has 4 nitrogen and oxygen atoms in total. The molecule has 0 unspecified atom stereocenters. The largest absolute Gasteiger partial charge is 0.356 e. The van der Waals surface area contributed by atoms with E-state index in [1.807, 2.05) is 0 Å². The number of hydrogen-bond acceptors (Lipinski definition) is 2. The van der Waals surface area contributed by atoms with E-state index in [0.717, 1.165) is 41.8 Å². The lowest BCUT2D eigenvalue weighted by atomic mass is 10.1. The molecule has 3 N–H and O–H groups in total. The topological polar surface area (TPSA) is 60.7 Å². The number of fused-ring (bicyclic) bond motifs is 3. The highest BCUT2D eigenvalue weighted by Gasteiger charge is 2.19. The molecule has 2 aromatic rings. The van der Waals surface area contributed by atoms with E-state index in [-0.39, 0.29) is 10.6 Å². The number of aromatic amines is 2. The molecule has 0 aromatic carbocycles. The van der Waals surface area contributed by atoms with Gasteiger partial charge in [0, 0.05) is 30.8 Å². The lowest BCUT2D eigenvalue weighted by Crippen LogP contribution is -2.23. The van der Waals surface area contributed by atoms with Crippen molar-refractivity contribution in [3.8, 4) is 0 Å². The molecule has 3 rings (SSSR count). The van der Waals surface area contributed by atoms with Gasteiger partial charge in [-0.2, -0.15) is 0 Å². The van der Waals surface area contributed by atoms with Gasteiger partial charge >= 0.3 is 0 Å². The van der Waals surface area contributed by atoms with Crippen LogP contribution < -0.4 is 10.9 Å². The predicted molar refractivity (Wildman–Crippen MR) is 64.4 cm³/mol. The second-order valence-corrected chi connectivity index (χ2v) is 4.60. The molecular formula is C10H9Cl2N3O. The van der Waals surface area contributed by atoms with Crippen LogP contribution in [0.25, 0.3) is 11.0 Å². The second-order valence-electron chi connectivity index (χ2n) is 3.84. The molecule has 0 bridgehead atoms. The summed E-state index contributed by atoms with van der Waals surface area (Å²) in [5, 5.41) is 3.60. The Bertz CT molecular complexity index is 629. The molecule has 0 spiro atoms. The van der Waals surface area contributed by atoms with Crippen LogP contribution in [0.3, 0.4) is 0 Å². The zero-order chi connectivity index (χ0) is 11.3. The van der Waals surface area contributed by atoms with E-state index >= 15 is 0 Å². The highest BCUT2D eigenvalue weighted by atomic mass is 35.5. The molecule has 16 heavy (non-hydrogen) atoms. The van der Waals surface area contributed by atoms with Gasteiger partial charge < -0.3 is 15.3 Å². The molecule has 3 heterocycles. The van der Waals surface area contributed by atoms with Gasteiger partial charge in [0.1, 0.15) is 5.02 Å². The molecule has 0 atom stereocenters. The Morgan fingerprint density at radius 3 is 2.69 bits per heavy atom. The van der Waals surface area contributed by atoms with Gasteiger partial charge in [0.15, 0.2) is 0 Å². The standard InChI is InChI=1S/C10H9Cl2N3O/c11-6-7(12)10(16)15-8-4-3-13-2-1-5(4)14-9(6)8/h13-14H,1-3H2,(H,15,16). The number of halogens is 2. The number of pyridine rings is 1. The second kappa shape index (κ2) is 3.52. The number of rotatable bonds is 0. The van der Waals surface area contributed by atoms with Crippen LogP contribution in [0.2, 0.25) is 10.0 Å². The van der Waals surface area contributed by atoms with Crippen molar-refractivity contribution in [2.75, 3.05) is 6.54 Å². The van der Waals surface area contributed by atoms with E-state index in [4.69, 9.17) is 23.2 Å². The summed E-state index contributed by atoms with van der Waals surface area (Å²) >= 11 is 11.9.